The molecule has 4 N–H and O–H groups in total. The molecule has 8 nitrogen and oxygen atoms in total. The molecule has 0 saturated heterocycles. The van der Waals surface area contributed by atoms with E-state index in [1.54, 1.807) is 6.92 Å². The predicted octanol–water partition coefficient (Wildman–Crippen LogP) is 0.290. The Hall–Kier alpha value is -2.12. The molecule has 1 aliphatic rings. The van der Waals surface area contributed by atoms with Gasteiger partial charge >= 0.3 is 12.0 Å². The minimum absolute atomic E-state index is 0.0277. The Morgan fingerprint density at radius 3 is 2.85 bits per heavy atom. The van der Waals surface area contributed by atoms with Gasteiger partial charge in [-0.3, -0.25) is 5.10 Å². The molecule has 0 aromatic carbocycles. The first-order chi connectivity index (χ1) is 9.52. The maximum absolute atomic E-state index is 11.7. The number of carboxylic acids is 1. The Morgan fingerprint density at radius 1 is 1.55 bits per heavy atom. The summed E-state index contributed by atoms with van der Waals surface area (Å²) in [6.07, 6.45) is 4.50. The fraction of sp³-hybridized carbons (Fsp3) is 0.667. The van der Waals surface area contributed by atoms with Crippen LogP contribution in [0.3, 0.4) is 0 Å². The normalized spacial score (nSPS) is 17.2. The SMILES string of the molecule is CC(NC(=O)NCCCc1ncn[nH]1)(C(=O)O)C1CC1. The molecule has 1 unspecified atom stereocenters. The lowest BCUT2D eigenvalue weighted by molar-refractivity contribution is -0.144. The first-order valence-corrected chi connectivity index (χ1v) is 6.66. The fourth-order valence-electron chi connectivity index (χ4n) is 2.08. The van der Waals surface area contributed by atoms with Crippen molar-refractivity contribution in [2.75, 3.05) is 6.54 Å². The number of nitrogens with one attached hydrogen (secondary N) is 3. The quantitative estimate of drug-likeness (QED) is 0.535. The summed E-state index contributed by atoms with van der Waals surface area (Å²) in [6.45, 7) is 2.01. The van der Waals surface area contributed by atoms with Gasteiger partial charge in [0.1, 0.15) is 17.7 Å². The zero-order valence-electron chi connectivity index (χ0n) is 11.3. The molecule has 2 rings (SSSR count). The number of aromatic nitrogens is 3. The van der Waals surface area contributed by atoms with Gasteiger partial charge in [0.25, 0.3) is 0 Å². The highest BCUT2D eigenvalue weighted by atomic mass is 16.4. The van der Waals surface area contributed by atoms with Crippen molar-refractivity contribution in [1.29, 1.82) is 0 Å². The van der Waals surface area contributed by atoms with Crippen LogP contribution >= 0.6 is 0 Å². The predicted molar refractivity (Wildman–Crippen MR) is 70.0 cm³/mol. The van der Waals surface area contributed by atoms with Crippen molar-refractivity contribution in [3.63, 3.8) is 0 Å². The minimum Gasteiger partial charge on any atom is -0.480 e. The second kappa shape index (κ2) is 5.89. The summed E-state index contributed by atoms with van der Waals surface area (Å²) in [5, 5.41) is 20.9. The molecule has 1 aromatic rings. The number of urea groups is 1. The summed E-state index contributed by atoms with van der Waals surface area (Å²) in [7, 11) is 0. The van der Waals surface area contributed by atoms with E-state index in [2.05, 4.69) is 25.8 Å². The number of aromatic amines is 1. The molecule has 0 aliphatic heterocycles. The molecule has 0 spiro atoms. The van der Waals surface area contributed by atoms with Crippen molar-refractivity contribution in [2.24, 2.45) is 5.92 Å². The third-order valence-electron chi connectivity index (χ3n) is 3.55. The molecule has 1 aliphatic carbocycles. The van der Waals surface area contributed by atoms with Gasteiger partial charge in [-0.2, -0.15) is 5.10 Å². The van der Waals surface area contributed by atoms with E-state index in [0.29, 0.717) is 19.4 Å². The van der Waals surface area contributed by atoms with E-state index in [4.69, 9.17) is 0 Å². The van der Waals surface area contributed by atoms with E-state index < -0.39 is 17.5 Å². The molecule has 8 heteroatoms. The van der Waals surface area contributed by atoms with Crippen molar-refractivity contribution in [1.82, 2.24) is 25.8 Å². The maximum atomic E-state index is 11.7. The van der Waals surface area contributed by atoms with Crippen LogP contribution < -0.4 is 10.6 Å². The van der Waals surface area contributed by atoms with Crippen LogP contribution in [-0.4, -0.2) is 44.4 Å². The minimum atomic E-state index is -1.17. The summed E-state index contributed by atoms with van der Waals surface area (Å²) in [6, 6.07) is -0.445. The number of hydrogen-bond acceptors (Lipinski definition) is 4. The van der Waals surface area contributed by atoms with Crippen molar-refractivity contribution >= 4 is 12.0 Å². The van der Waals surface area contributed by atoms with Crippen LogP contribution in [0.5, 0.6) is 0 Å². The van der Waals surface area contributed by atoms with Gasteiger partial charge in [0, 0.05) is 13.0 Å². The first kappa shape index (κ1) is 14.3. The van der Waals surface area contributed by atoms with Gasteiger partial charge in [-0.25, -0.2) is 14.6 Å². The number of nitrogens with zero attached hydrogens (tertiary/aromatic N) is 2. The Morgan fingerprint density at radius 2 is 2.30 bits per heavy atom. The summed E-state index contributed by atoms with van der Waals surface area (Å²) < 4.78 is 0. The number of H-pyrrole nitrogens is 1. The number of amides is 2. The second-order valence-corrected chi connectivity index (χ2v) is 5.20. The fourth-order valence-corrected chi connectivity index (χ4v) is 2.08. The first-order valence-electron chi connectivity index (χ1n) is 6.66. The van der Waals surface area contributed by atoms with Crippen LogP contribution in [0.25, 0.3) is 0 Å². The molecule has 1 saturated carbocycles. The number of aliphatic carboxylic acids is 1. The molecule has 0 radical (unpaired) electrons. The average Bonchev–Trinajstić information content (AvgIpc) is 3.13. The standard InChI is InChI=1S/C12H19N5O3/c1-12(10(18)19,8-4-5-8)16-11(20)13-6-2-3-9-14-7-15-17-9/h7-8H,2-6H2,1H3,(H,18,19)(H2,13,16,20)(H,14,15,17). The molecule has 0 bridgehead atoms. The number of hydrogen-bond donors (Lipinski definition) is 4. The lowest BCUT2D eigenvalue weighted by atomic mass is 9.96. The van der Waals surface area contributed by atoms with Gasteiger partial charge in [-0.1, -0.05) is 0 Å². The van der Waals surface area contributed by atoms with Crippen molar-refractivity contribution < 1.29 is 14.7 Å². The van der Waals surface area contributed by atoms with Crippen LogP contribution in [0.2, 0.25) is 0 Å². The highest BCUT2D eigenvalue weighted by Crippen LogP contribution is 2.39. The van der Waals surface area contributed by atoms with Gasteiger partial charge < -0.3 is 15.7 Å². The van der Waals surface area contributed by atoms with E-state index in [9.17, 15) is 14.7 Å². The van der Waals surface area contributed by atoms with Crippen molar-refractivity contribution in [2.45, 2.75) is 38.1 Å². The van der Waals surface area contributed by atoms with Gasteiger partial charge in [-0.15, -0.1) is 0 Å². The molecule has 110 valence electrons. The third kappa shape index (κ3) is 3.46. The Balaban J connectivity index is 1.70. The highest BCUT2D eigenvalue weighted by Gasteiger charge is 2.48. The van der Waals surface area contributed by atoms with Crippen molar-refractivity contribution in [3.05, 3.63) is 12.2 Å². The van der Waals surface area contributed by atoms with Gasteiger partial charge in [-0.05, 0) is 32.1 Å². The number of carboxylic acid groups (broad SMARTS) is 1. The molecule has 1 heterocycles. The molecule has 1 aromatic heterocycles. The van der Waals surface area contributed by atoms with E-state index in [0.717, 1.165) is 18.7 Å². The number of carbonyl (C=O) groups excluding carboxylic acids is 1. The van der Waals surface area contributed by atoms with Crippen LogP contribution in [0.1, 0.15) is 32.0 Å². The van der Waals surface area contributed by atoms with E-state index in [1.165, 1.54) is 6.33 Å². The second-order valence-electron chi connectivity index (χ2n) is 5.20. The van der Waals surface area contributed by atoms with Gasteiger partial charge in [0.2, 0.25) is 0 Å². The highest BCUT2D eigenvalue weighted by molar-refractivity contribution is 5.86. The summed E-state index contributed by atoms with van der Waals surface area (Å²) in [4.78, 5) is 27.0. The van der Waals surface area contributed by atoms with Crippen LogP contribution in [0, 0.1) is 5.92 Å². The van der Waals surface area contributed by atoms with Crippen LogP contribution in [-0.2, 0) is 11.2 Å². The van der Waals surface area contributed by atoms with E-state index in [1.807, 2.05) is 0 Å². The van der Waals surface area contributed by atoms with E-state index in [-0.39, 0.29) is 5.92 Å². The van der Waals surface area contributed by atoms with Crippen molar-refractivity contribution in [3.8, 4) is 0 Å². The summed E-state index contributed by atoms with van der Waals surface area (Å²) >= 11 is 0. The van der Waals surface area contributed by atoms with Crippen LogP contribution in [0.15, 0.2) is 6.33 Å². The monoisotopic (exact) mass is 281 g/mol. The number of rotatable bonds is 7. The number of carbonyl (C=O) groups is 2. The maximum Gasteiger partial charge on any atom is 0.329 e. The summed E-state index contributed by atoms with van der Waals surface area (Å²) in [5.74, 6) is -0.197. The molecular formula is C12H19N5O3. The lowest BCUT2D eigenvalue weighted by Crippen LogP contribution is -2.56. The lowest BCUT2D eigenvalue weighted by Gasteiger charge is -2.26. The molecule has 1 fully saturated rings. The Kier molecular flexibility index (Phi) is 4.21. The smallest absolute Gasteiger partial charge is 0.329 e. The Labute approximate surface area is 116 Å². The number of aryl methyl sites for hydroxylation is 1. The molecule has 20 heavy (non-hydrogen) atoms. The molecule has 2 amide bonds. The largest absolute Gasteiger partial charge is 0.480 e. The summed E-state index contributed by atoms with van der Waals surface area (Å²) in [5.41, 5.74) is -1.17. The Bertz CT molecular complexity index is 471. The average molecular weight is 281 g/mol. The topological polar surface area (TPSA) is 120 Å². The molecule has 1 atom stereocenters. The van der Waals surface area contributed by atoms with Crippen LogP contribution in [0.4, 0.5) is 4.79 Å². The zero-order valence-corrected chi connectivity index (χ0v) is 11.3. The zero-order chi connectivity index (χ0) is 14.6. The molecular weight excluding hydrogens is 262 g/mol. The third-order valence-corrected chi connectivity index (χ3v) is 3.55. The van der Waals surface area contributed by atoms with Gasteiger partial charge in [0.05, 0.1) is 0 Å². The van der Waals surface area contributed by atoms with Gasteiger partial charge in [0.15, 0.2) is 0 Å². The van der Waals surface area contributed by atoms with E-state index >= 15 is 0 Å².